The van der Waals surface area contributed by atoms with Crippen LogP contribution in [0.15, 0.2) is 27.4 Å². The summed E-state index contributed by atoms with van der Waals surface area (Å²) in [5.74, 6) is 0.531. The maximum absolute atomic E-state index is 14.0. The van der Waals surface area contributed by atoms with Crippen molar-refractivity contribution < 1.29 is 4.39 Å². The van der Waals surface area contributed by atoms with Crippen LogP contribution in [0.25, 0.3) is 0 Å². The molecule has 6 heteroatoms. The van der Waals surface area contributed by atoms with E-state index in [0.717, 1.165) is 28.7 Å². The van der Waals surface area contributed by atoms with E-state index < -0.39 is 0 Å². The largest absolute Gasteiger partial charge is 0.313 e. The number of benzene rings is 1. The third-order valence-corrected chi connectivity index (χ3v) is 4.49. The molecule has 0 unspecified atom stereocenters. The lowest BCUT2D eigenvalue weighted by Gasteiger charge is -2.09. The summed E-state index contributed by atoms with van der Waals surface area (Å²) in [7, 11) is 0. The topological polar surface area (TPSA) is 37.8 Å². The van der Waals surface area contributed by atoms with Crippen molar-refractivity contribution in [1.82, 2.24) is 14.7 Å². The highest BCUT2D eigenvalue weighted by Gasteiger charge is 2.12. The van der Waals surface area contributed by atoms with Gasteiger partial charge in [-0.25, -0.2) is 9.37 Å². The summed E-state index contributed by atoms with van der Waals surface area (Å²) in [4.78, 5) is 4.91. The van der Waals surface area contributed by atoms with Crippen LogP contribution in [0, 0.1) is 12.7 Å². The first-order valence-corrected chi connectivity index (χ1v) is 7.76. The van der Waals surface area contributed by atoms with E-state index in [1.165, 1.54) is 29.4 Å². The number of hydrogen-bond acceptors (Lipinski definition) is 5. The number of rotatable bonds is 6. The van der Waals surface area contributed by atoms with Crippen molar-refractivity contribution in [3.05, 3.63) is 35.4 Å². The summed E-state index contributed by atoms with van der Waals surface area (Å²) >= 11 is 2.65. The van der Waals surface area contributed by atoms with E-state index in [2.05, 4.69) is 21.6 Å². The molecule has 3 nitrogen and oxygen atoms in total. The van der Waals surface area contributed by atoms with Crippen molar-refractivity contribution in [2.45, 2.75) is 36.0 Å². The van der Waals surface area contributed by atoms with Gasteiger partial charge in [0.1, 0.15) is 11.6 Å². The quantitative estimate of drug-likeness (QED) is 0.826. The highest BCUT2D eigenvalue weighted by molar-refractivity contribution is 8.01. The molecule has 1 heterocycles. The molecule has 1 N–H and O–H groups in total. The van der Waals surface area contributed by atoms with Crippen LogP contribution in [0.3, 0.4) is 0 Å². The fourth-order valence-corrected chi connectivity index (χ4v) is 3.34. The molecule has 0 saturated heterocycles. The molecule has 0 aliphatic heterocycles. The van der Waals surface area contributed by atoms with Gasteiger partial charge in [0.25, 0.3) is 0 Å². The lowest BCUT2D eigenvalue weighted by molar-refractivity contribution is 0.589. The van der Waals surface area contributed by atoms with Gasteiger partial charge in [-0.3, -0.25) is 0 Å². The summed E-state index contributed by atoms with van der Waals surface area (Å²) < 4.78 is 18.9. The SMILES string of the molecule is CCCNCc1cccc(F)c1Sc1nc(C)ns1. The van der Waals surface area contributed by atoms with Crippen LogP contribution in [0.2, 0.25) is 0 Å². The Morgan fingerprint density at radius 1 is 1.42 bits per heavy atom. The molecular weight excluding hydrogens is 281 g/mol. The minimum Gasteiger partial charge on any atom is -0.313 e. The van der Waals surface area contributed by atoms with Crippen molar-refractivity contribution >= 4 is 23.3 Å². The van der Waals surface area contributed by atoms with Crippen LogP contribution < -0.4 is 5.32 Å². The van der Waals surface area contributed by atoms with Crippen molar-refractivity contribution in [3.63, 3.8) is 0 Å². The summed E-state index contributed by atoms with van der Waals surface area (Å²) in [5.41, 5.74) is 0.964. The zero-order valence-electron chi connectivity index (χ0n) is 10.9. The Morgan fingerprint density at radius 2 is 2.26 bits per heavy atom. The van der Waals surface area contributed by atoms with E-state index in [0.29, 0.717) is 11.4 Å². The second-order valence-corrected chi connectivity index (χ2v) is 6.12. The first-order valence-electron chi connectivity index (χ1n) is 6.17. The number of aromatic nitrogens is 2. The van der Waals surface area contributed by atoms with Gasteiger partial charge >= 0.3 is 0 Å². The van der Waals surface area contributed by atoms with Crippen LogP contribution in [-0.2, 0) is 6.54 Å². The monoisotopic (exact) mass is 297 g/mol. The number of nitrogens with zero attached hydrogens (tertiary/aromatic N) is 2. The molecule has 0 spiro atoms. The molecule has 0 radical (unpaired) electrons. The van der Waals surface area contributed by atoms with E-state index in [1.807, 2.05) is 13.0 Å². The predicted octanol–water partition coefficient (Wildman–Crippen LogP) is 3.64. The molecule has 2 aromatic rings. The van der Waals surface area contributed by atoms with Crippen molar-refractivity contribution in [2.24, 2.45) is 0 Å². The summed E-state index contributed by atoms with van der Waals surface area (Å²) in [6.45, 7) is 5.55. The van der Waals surface area contributed by atoms with E-state index in [1.54, 1.807) is 6.07 Å². The average molecular weight is 297 g/mol. The number of aryl methyl sites for hydroxylation is 1. The van der Waals surface area contributed by atoms with Gasteiger partial charge in [-0.2, -0.15) is 4.37 Å². The van der Waals surface area contributed by atoms with Gasteiger partial charge in [0.2, 0.25) is 0 Å². The Balaban J connectivity index is 2.17. The Morgan fingerprint density at radius 3 is 2.95 bits per heavy atom. The molecule has 2 rings (SSSR count). The van der Waals surface area contributed by atoms with Crippen LogP contribution in [0.1, 0.15) is 24.7 Å². The minimum atomic E-state index is -0.200. The number of hydrogen-bond donors (Lipinski definition) is 1. The highest BCUT2D eigenvalue weighted by Crippen LogP contribution is 2.33. The van der Waals surface area contributed by atoms with Crippen LogP contribution in [0.5, 0.6) is 0 Å². The zero-order valence-corrected chi connectivity index (χ0v) is 12.6. The smallest absolute Gasteiger partial charge is 0.174 e. The second kappa shape index (κ2) is 6.98. The fraction of sp³-hybridized carbons (Fsp3) is 0.385. The molecule has 19 heavy (non-hydrogen) atoms. The molecule has 102 valence electrons. The molecule has 1 aromatic heterocycles. The fourth-order valence-electron chi connectivity index (χ4n) is 1.61. The molecule has 0 fully saturated rings. The third-order valence-electron chi connectivity index (χ3n) is 2.49. The van der Waals surface area contributed by atoms with Gasteiger partial charge in [0.15, 0.2) is 4.34 Å². The molecular formula is C13H16FN3S2. The van der Waals surface area contributed by atoms with Crippen molar-refractivity contribution in [2.75, 3.05) is 6.54 Å². The first-order chi connectivity index (χ1) is 9.20. The molecule has 1 aromatic carbocycles. The Kier molecular flexibility index (Phi) is 5.30. The van der Waals surface area contributed by atoms with Gasteiger partial charge in [-0.15, -0.1) is 0 Å². The maximum atomic E-state index is 14.0. The maximum Gasteiger partial charge on any atom is 0.174 e. The molecule has 0 aliphatic carbocycles. The van der Waals surface area contributed by atoms with Crippen molar-refractivity contribution in [1.29, 1.82) is 0 Å². The van der Waals surface area contributed by atoms with Gasteiger partial charge in [0, 0.05) is 6.54 Å². The predicted molar refractivity (Wildman–Crippen MR) is 77.2 cm³/mol. The Bertz CT molecular complexity index is 542. The van der Waals surface area contributed by atoms with Gasteiger partial charge in [-0.05, 0) is 43.1 Å². The normalized spacial score (nSPS) is 10.9. The number of halogens is 1. The molecule has 0 aliphatic rings. The van der Waals surface area contributed by atoms with Crippen LogP contribution in [0.4, 0.5) is 4.39 Å². The van der Waals surface area contributed by atoms with Gasteiger partial charge in [-0.1, -0.05) is 30.8 Å². The third kappa shape index (κ3) is 3.99. The van der Waals surface area contributed by atoms with E-state index >= 15 is 0 Å². The van der Waals surface area contributed by atoms with Crippen molar-refractivity contribution in [3.8, 4) is 0 Å². The number of nitrogens with one attached hydrogen (secondary N) is 1. The van der Waals surface area contributed by atoms with E-state index in [4.69, 9.17) is 0 Å². The molecule has 0 saturated carbocycles. The lowest BCUT2D eigenvalue weighted by Crippen LogP contribution is -2.14. The summed E-state index contributed by atoms with van der Waals surface area (Å²) in [6, 6.07) is 5.18. The Labute approximate surface area is 120 Å². The zero-order chi connectivity index (χ0) is 13.7. The van der Waals surface area contributed by atoms with Crippen LogP contribution in [-0.4, -0.2) is 15.9 Å². The minimum absolute atomic E-state index is 0.200. The van der Waals surface area contributed by atoms with E-state index in [9.17, 15) is 4.39 Å². The molecule has 0 bridgehead atoms. The van der Waals surface area contributed by atoms with Gasteiger partial charge in [0.05, 0.1) is 4.90 Å². The molecule has 0 atom stereocenters. The molecule has 0 amide bonds. The highest BCUT2D eigenvalue weighted by atomic mass is 32.2. The van der Waals surface area contributed by atoms with Crippen LogP contribution >= 0.6 is 23.3 Å². The summed E-state index contributed by atoms with van der Waals surface area (Å²) in [6.07, 6.45) is 1.06. The standard InChI is InChI=1S/C13H16FN3S2/c1-3-7-15-8-10-5-4-6-11(14)12(10)18-13-16-9(2)17-19-13/h4-6,15H,3,7-8H2,1-2H3. The Hall–Kier alpha value is -0.980. The van der Waals surface area contributed by atoms with Gasteiger partial charge < -0.3 is 5.32 Å². The summed E-state index contributed by atoms with van der Waals surface area (Å²) in [5, 5.41) is 3.30. The second-order valence-electron chi connectivity index (χ2n) is 4.11. The lowest BCUT2D eigenvalue weighted by atomic mass is 10.2. The average Bonchev–Trinajstić information content (AvgIpc) is 2.79. The van der Waals surface area contributed by atoms with E-state index in [-0.39, 0.29) is 5.82 Å². The first kappa shape index (κ1) is 14.4.